The Bertz CT molecular complexity index is 361. The van der Waals surface area contributed by atoms with E-state index in [1.807, 2.05) is 0 Å². The third kappa shape index (κ3) is 2.19. The maximum Gasteiger partial charge on any atom is 0.123 e. The van der Waals surface area contributed by atoms with Crippen LogP contribution in [0.3, 0.4) is 0 Å². The molecule has 0 heterocycles. The maximum absolute atomic E-state index is 13.2. The van der Waals surface area contributed by atoms with E-state index in [1.54, 1.807) is 19.2 Å². The van der Waals surface area contributed by atoms with Crippen LogP contribution in [-0.2, 0) is 0 Å². The first-order valence-corrected chi connectivity index (χ1v) is 5.78. The van der Waals surface area contributed by atoms with Crippen molar-refractivity contribution in [2.24, 2.45) is 11.7 Å². The van der Waals surface area contributed by atoms with Gasteiger partial charge in [0.15, 0.2) is 0 Å². The molecule has 0 spiro atoms. The topological polar surface area (TPSA) is 35.2 Å². The van der Waals surface area contributed by atoms with Gasteiger partial charge < -0.3 is 10.5 Å². The number of rotatable bonds is 4. The summed E-state index contributed by atoms with van der Waals surface area (Å²) in [5.74, 6) is 1.78. The molecule has 0 saturated heterocycles. The number of halogens is 1. The summed E-state index contributed by atoms with van der Waals surface area (Å²) in [5.41, 5.74) is 6.53. The summed E-state index contributed by atoms with van der Waals surface area (Å²) in [6.07, 6.45) is 3.29. The fourth-order valence-corrected chi connectivity index (χ4v) is 2.49. The van der Waals surface area contributed by atoms with E-state index in [0.29, 0.717) is 11.8 Å². The van der Waals surface area contributed by atoms with Crippen molar-refractivity contribution in [2.45, 2.75) is 25.2 Å². The predicted octanol–water partition coefficient (Wildman–Crippen LogP) is 2.68. The average molecular weight is 223 g/mol. The molecular weight excluding hydrogens is 205 g/mol. The van der Waals surface area contributed by atoms with Crippen LogP contribution in [0, 0.1) is 11.7 Å². The van der Waals surface area contributed by atoms with Gasteiger partial charge in [-0.1, -0.05) is 0 Å². The minimum absolute atomic E-state index is 0.182. The van der Waals surface area contributed by atoms with Crippen LogP contribution >= 0.6 is 0 Å². The van der Waals surface area contributed by atoms with E-state index in [2.05, 4.69) is 0 Å². The number of hydrogen-bond donors (Lipinski definition) is 1. The van der Waals surface area contributed by atoms with E-state index in [-0.39, 0.29) is 5.82 Å². The van der Waals surface area contributed by atoms with Crippen LogP contribution < -0.4 is 10.5 Å². The largest absolute Gasteiger partial charge is 0.496 e. The van der Waals surface area contributed by atoms with E-state index in [9.17, 15) is 4.39 Å². The first-order valence-electron chi connectivity index (χ1n) is 5.78. The molecule has 0 bridgehead atoms. The molecule has 16 heavy (non-hydrogen) atoms. The second-order valence-corrected chi connectivity index (χ2v) is 4.50. The number of hydrogen-bond acceptors (Lipinski definition) is 2. The molecule has 2 nitrogen and oxygen atoms in total. The summed E-state index contributed by atoms with van der Waals surface area (Å²) >= 11 is 0. The van der Waals surface area contributed by atoms with Crippen LogP contribution in [0.5, 0.6) is 5.75 Å². The van der Waals surface area contributed by atoms with Crippen LogP contribution in [0.15, 0.2) is 18.2 Å². The van der Waals surface area contributed by atoms with Crippen molar-refractivity contribution in [3.63, 3.8) is 0 Å². The highest BCUT2D eigenvalue weighted by molar-refractivity contribution is 5.38. The first kappa shape index (κ1) is 11.4. The smallest absolute Gasteiger partial charge is 0.123 e. The van der Waals surface area contributed by atoms with Gasteiger partial charge in [0.1, 0.15) is 11.6 Å². The average Bonchev–Trinajstić information content (AvgIpc) is 2.23. The van der Waals surface area contributed by atoms with Gasteiger partial charge in [-0.05, 0) is 55.8 Å². The van der Waals surface area contributed by atoms with E-state index in [1.165, 1.54) is 6.07 Å². The van der Waals surface area contributed by atoms with Crippen LogP contribution in [0.25, 0.3) is 0 Å². The Balaban J connectivity index is 2.07. The van der Waals surface area contributed by atoms with Gasteiger partial charge in [-0.15, -0.1) is 0 Å². The van der Waals surface area contributed by atoms with Gasteiger partial charge in [0.05, 0.1) is 7.11 Å². The summed E-state index contributed by atoms with van der Waals surface area (Å²) in [6.45, 7) is 0.748. The normalized spacial score (nSPS) is 23.9. The third-order valence-corrected chi connectivity index (χ3v) is 3.44. The predicted molar refractivity (Wildman–Crippen MR) is 62.1 cm³/mol. The standard InChI is InChI=1S/C13H18FNO/c1-16-13-3-2-11(14)8-12(13)10-6-9(7-10)4-5-15/h2-3,8-10H,4-7,15H2,1H3. The lowest BCUT2D eigenvalue weighted by atomic mass is 9.70. The van der Waals surface area contributed by atoms with Gasteiger partial charge in [0.2, 0.25) is 0 Å². The molecule has 1 saturated carbocycles. The Kier molecular flexibility index (Phi) is 3.44. The van der Waals surface area contributed by atoms with E-state index < -0.39 is 0 Å². The van der Waals surface area contributed by atoms with Crippen molar-refractivity contribution >= 4 is 0 Å². The lowest BCUT2D eigenvalue weighted by Crippen LogP contribution is -2.24. The fraction of sp³-hybridized carbons (Fsp3) is 0.538. The molecular formula is C13H18FNO. The molecule has 2 N–H and O–H groups in total. The molecule has 0 atom stereocenters. The molecule has 0 radical (unpaired) electrons. The Morgan fingerprint density at radius 2 is 2.19 bits per heavy atom. The molecule has 88 valence electrons. The first-order chi connectivity index (χ1) is 7.74. The molecule has 3 heteroatoms. The van der Waals surface area contributed by atoms with Gasteiger partial charge in [-0.2, -0.15) is 0 Å². The lowest BCUT2D eigenvalue weighted by molar-refractivity contribution is 0.245. The van der Waals surface area contributed by atoms with Gasteiger partial charge in [0, 0.05) is 5.56 Å². The summed E-state index contributed by atoms with van der Waals surface area (Å²) in [6, 6.07) is 4.75. The molecule has 0 aromatic heterocycles. The summed E-state index contributed by atoms with van der Waals surface area (Å²) in [5, 5.41) is 0. The molecule has 0 unspecified atom stereocenters. The van der Waals surface area contributed by atoms with Crippen LogP contribution in [-0.4, -0.2) is 13.7 Å². The Morgan fingerprint density at radius 3 is 2.81 bits per heavy atom. The van der Waals surface area contributed by atoms with Crippen molar-refractivity contribution in [2.75, 3.05) is 13.7 Å². The van der Waals surface area contributed by atoms with Gasteiger partial charge in [-0.3, -0.25) is 0 Å². The zero-order valence-electron chi connectivity index (χ0n) is 9.58. The van der Waals surface area contributed by atoms with Crippen LogP contribution in [0.4, 0.5) is 4.39 Å². The van der Waals surface area contributed by atoms with Crippen molar-refractivity contribution < 1.29 is 9.13 Å². The molecule has 1 aliphatic carbocycles. The number of ether oxygens (including phenoxy) is 1. The maximum atomic E-state index is 13.2. The quantitative estimate of drug-likeness (QED) is 0.851. The van der Waals surface area contributed by atoms with E-state index in [0.717, 1.165) is 37.1 Å². The molecule has 1 aromatic rings. The number of methoxy groups -OCH3 is 1. The minimum atomic E-state index is -0.182. The summed E-state index contributed by atoms with van der Waals surface area (Å²) in [7, 11) is 1.63. The van der Waals surface area contributed by atoms with Gasteiger partial charge in [0.25, 0.3) is 0 Å². The molecule has 0 amide bonds. The van der Waals surface area contributed by atoms with Crippen molar-refractivity contribution in [3.05, 3.63) is 29.6 Å². The highest BCUT2D eigenvalue weighted by Gasteiger charge is 2.31. The third-order valence-electron chi connectivity index (χ3n) is 3.44. The number of benzene rings is 1. The Hall–Kier alpha value is -1.09. The second kappa shape index (κ2) is 4.83. The van der Waals surface area contributed by atoms with Gasteiger partial charge >= 0.3 is 0 Å². The van der Waals surface area contributed by atoms with Crippen LogP contribution in [0.1, 0.15) is 30.7 Å². The molecule has 1 aliphatic rings. The zero-order chi connectivity index (χ0) is 11.5. The SMILES string of the molecule is COc1ccc(F)cc1C1CC(CCN)C1. The Morgan fingerprint density at radius 1 is 1.44 bits per heavy atom. The van der Waals surface area contributed by atoms with Crippen LogP contribution in [0.2, 0.25) is 0 Å². The minimum Gasteiger partial charge on any atom is -0.496 e. The second-order valence-electron chi connectivity index (χ2n) is 4.50. The van der Waals surface area contributed by atoms with Crippen molar-refractivity contribution in [1.29, 1.82) is 0 Å². The number of nitrogens with two attached hydrogens (primary N) is 1. The van der Waals surface area contributed by atoms with E-state index >= 15 is 0 Å². The molecule has 0 aliphatic heterocycles. The highest BCUT2D eigenvalue weighted by atomic mass is 19.1. The highest BCUT2D eigenvalue weighted by Crippen LogP contribution is 2.46. The van der Waals surface area contributed by atoms with Crippen molar-refractivity contribution in [3.8, 4) is 5.75 Å². The molecule has 1 fully saturated rings. The van der Waals surface area contributed by atoms with E-state index in [4.69, 9.17) is 10.5 Å². The zero-order valence-corrected chi connectivity index (χ0v) is 9.58. The summed E-state index contributed by atoms with van der Waals surface area (Å²) < 4.78 is 18.4. The molecule has 2 rings (SSSR count). The Labute approximate surface area is 95.6 Å². The van der Waals surface area contributed by atoms with Crippen molar-refractivity contribution in [1.82, 2.24) is 0 Å². The monoisotopic (exact) mass is 223 g/mol. The van der Waals surface area contributed by atoms with Gasteiger partial charge in [-0.25, -0.2) is 4.39 Å². The fourth-order valence-electron chi connectivity index (χ4n) is 2.49. The molecule has 1 aromatic carbocycles. The lowest BCUT2D eigenvalue weighted by Gasteiger charge is -2.36. The summed E-state index contributed by atoms with van der Waals surface area (Å²) in [4.78, 5) is 0.